The molecule has 35 heavy (non-hydrogen) atoms. The largest absolute Gasteiger partial charge is 0.448 e. The third-order valence-corrected chi connectivity index (χ3v) is 8.45. The summed E-state index contributed by atoms with van der Waals surface area (Å²) >= 11 is 0. The number of carbonyl (C=O) groups is 1. The van der Waals surface area contributed by atoms with E-state index in [1.807, 2.05) is 11.0 Å². The number of aliphatic hydroxyl groups is 1. The first-order chi connectivity index (χ1) is 17.1. The van der Waals surface area contributed by atoms with Crippen molar-refractivity contribution < 1.29 is 14.6 Å². The lowest BCUT2D eigenvalue weighted by atomic mass is 9.82. The molecule has 2 bridgehead atoms. The van der Waals surface area contributed by atoms with Crippen molar-refractivity contribution in [2.75, 3.05) is 6.61 Å². The number of benzene rings is 2. The van der Waals surface area contributed by atoms with Crippen molar-refractivity contribution in [1.29, 1.82) is 0 Å². The molecule has 0 saturated carbocycles. The molecule has 2 heterocycles. The van der Waals surface area contributed by atoms with Gasteiger partial charge < -0.3 is 14.7 Å². The number of hydrogen-bond donors (Lipinski definition) is 1. The molecule has 2 aromatic rings. The van der Waals surface area contributed by atoms with Crippen molar-refractivity contribution in [2.24, 2.45) is 0 Å². The van der Waals surface area contributed by atoms with Gasteiger partial charge in [0.2, 0.25) is 0 Å². The van der Waals surface area contributed by atoms with E-state index >= 15 is 0 Å². The predicted molar refractivity (Wildman–Crippen MR) is 140 cm³/mol. The van der Waals surface area contributed by atoms with E-state index in [0.717, 1.165) is 32.1 Å². The molecule has 1 amide bonds. The lowest BCUT2D eigenvalue weighted by molar-refractivity contribution is -0.0548. The maximum Gasteiger partial charge on any atom is 0.410 e. The van der Waals surface area contributed by atoms with Crippen molar-refractivity contribution >= 4 is 6.09 Å². The van der Waals surface area contributed by atoms with E-state index in [4.69, 9.17) is 4.74 Å². The monoisotopic (exact) mass is 473 g/mol. The number of hydrogen-bond acceptors (Lipinski definition) is 3. The first kappa shape index (κ1) is 24.1. The number of rotatable bonds is 10. The Morgan fingerprint density at radius 1 is 0.943 bits per heavy atom. The number of carbonyl (C=O) groups excluding carboxylic acids is 1. The van der Waals surface area contributed by atoms with Crippen LogP contribution in [0.2, 0.25) is 0 Å². The summed E-state index contributed by atoms with van der Waals surface area (Å²) in [6, 6.07) is 17.1. The molecule has 5 rings (SSSR count). The molecule has 186 valence electrons. The summed E-state index contributed by atoms with van der Waals surface area (Å²) in [4.78, 5) is 15.2. The molecule has 0 aromatic heterocycles. The highest BCUT2D eigenvalue weighted by Crippen LogP contribution is 2.46. The van der Waals surface area contributed by atoms with Crippen molar-refractivity contribution in [3.8, 4) is 11.1 Å². The standard InChI is InChI=1S/C31H39NO3/c1-2-3-4-5-6-7-12-19-31(34)20-23-17-18-24(21-31)32(23)30(33)35-22-29-27-15-10-8-13-25(27)26-14-9-11-16-28(26)29/h2,8-11,13-16,23-24,29,34H,1,3-7,12,17-22H2. The number of ether oxygens (including phenoxy) is 1. The third kappa shape index (κ3) is 5.04. The summed E-state index contributed by atoms with van der Waals surface area (Å²) < 4.78 is 5.97. The summed E-state index contributed by atoms with van der Waals surface area (Å²) in [5.41, 5.74) is 4.33. The van der Waals surface area contributed by atoms with Crippen LogP contribution in [0.4, 0.5) is 4.79 Å². The van der Waals surface area contributed by atoms with E-state index in [-0.39, 0.29) is 24.1 Å². The number of allylic oxidation sites excluding steroid dienone is 1. The minimum Gasteiger partial charge on any atom is -0.448 e. The van der Waals surface area contributed by atoms with Gasteiger partial charge in [0.1, 0.15) is 6.61 Å². The zero-order valence-corrected chi connectivity index (χ0v) is 20.8. The molecule has 0 spiro atoms. The normalized spacial score (nSPS) is 24.8. The lowest BCUT2D eigenvalue weighted by Gasteiger charge is -2.43. The van der Waals surface area contributed by atoms with E-state index < -0.39 is 5.60 Å². The summed E-state index contributed by atoms with van der Waals surface area (Å²) in [6.45, 7) is 4.14. The van der Waals surface area contributed by atoms with Gasteiger partial charge in [0.05, 0.1) is 5.60 Å². The smallest absolute Gasteiger partial charge is 0.410 e. The van der Waals surface area contributed by atoms with E-state index in [1.54, 1.807) is 0 Å². The Balaban J connectivity index is 1.15. The molecule has 2 aromatic carbocycles. The average molecular weight is 474 g/mol. The van der Waals surface area contributed by atoms with E-state index in [0.29, 0.717) is 19.4 Å². The van der Waals surface area contributed by atoms with Crippen molar-refractivity contribution in [2.45, 2.75) is 94.2 Å². The zero-order valence-electron chi connectivity index (χ0n) is 20.8. The van der Waals surface area contributed by atoms with Crippen LogP contribution in [0.15, 0.2) is 61.2 Å². The minimum atomic E-state index is -0.632. The Labute approximate surface area is 210 Å². The van der Waals surface area contributed by atoms with Crippen LogP contribution in [0.1, 0.15) is 87.7 Å². The zero-order chi connectivity index (χ0) is 24.3. The van der Waals surface area contributed by atoms with Crippen LogP contribution in [0, 0.1) is 0 Å². The number of fused-ring (bicyclic) bond motifs is 5. The molecule has 1 aliphatic carbocycles. The third-order valence-electron chi connectivity index (χ3n) is 8.45. The van der Waals surface area contributed by atoms with Gasteiger partial charge in [-0.1, -0.05) is 80.3 Å². The minimum absolute atomic E-state index is 0.0807. The number of unbranched alkanes of at least 4 members (excludes halogenated alkanes) is 5. The van der Waals surface area contributed by atoms with Crippen LogP contribution in [-0.2, 0) is 4.74 Å². The van der Waals surface area contributed by atoms with Gasteiger partial charge in [0, 0.05) is 18.0 Å². The van der Waals surface area contributed by atoms with E-state index in [2.05, 4.69) is 55.1 Å². The molecule has 2 atom stereocenters. The molecule has 4 nitrogen and oxygen atoms in total. The first-order valence-electron chi connectivity index (χ1n) is 13.6. The van der Waals surface area contributed by atoms with Crippen molar-refractivity contribution in [3.63, 3.8) is 0 Å². The van der Waals surface area contributed by atoms with Gasteiger partial charge in [-0.05, 0) is 67.2 Å². The fourth-order valence-electron chi connectivity index (χ4n) is 6.77. The van der Waals surface area contributed by atoms with Gasteiger partial charge in [-0.25, -0.2) is 4.79 Å². The topological polar surface area (TPSA) is 49.8 Å². The summed E-state index contributed by atoms with van der Waals surface area (Å²) in [5, 5.41) is 11.3. The van der Waals surface area contributed by atoms with Crippen molar-refractivity contribution in [1.82, 2.24) is 4.90 Å². The molecule has 3 aliphatic rings. The van der Waals surface area contributed by atoms with Gasteiger partial charge >= 0.3 is 6.09 Å². The molecular weight excluding hydrogens is 434 g/mol. The quantitative estimate of drug-likeness (QED) is 0.293. The SMILES string of the molecule is C=CCCCCCCCC1(O)CC2CCC(C1)N2C(=O)OCC1c2ccccc2-c2ccccc21. The Kier molecular flexibility index (Phi) is 7.29. The van der Waals surface area contributed by atoms with E-state index in [1.165, 1.54) is 47.9 Å². The second-order valence-corrected chi connectivity index (χ2v) is 10.8. The van der Waals surface area contributed by atoms with Crippen molar-refractivity contribution in [3.05, 3.63) is 72.3 Å². The molecule has 0 radical (unpaired) electrons. The number of piperidine rings is 1. The molecule has 2 fully saturated rings. The van der Waals surface area contributed by atoms with Crippen LogP contribution in [-0.4, -0.2) is 40.4 Å². The van der Waals surface area contributed by atoms with Gasteiger partial charge in [0.15, 0.2) is 0 Å². The van der Waals surface area contributed by atoms with Gasteiger partial charge in [-0.2, -0.15) is 0 Å². The number of nitrogens with zero attached hydrogens (tertiary/aromatic N) is 1. The van der Waals surface area contributed by atoms with Gasteiger partial charge in [-0.3, -0.25) is 0 Å². The fourth-order valence-corrected chi connectivity index (χ4v) is 6.77. The molecular formula is C31H39NO3. The van der Waals surface area contributed by atoms with E-state index in [9.17, 15) is 9.90 Å². The van der Waals surface area contributed by atoms with Gasteiger partial charge in [0.25, 0.3) is 0 Å². The van der Waals surface area contributed by atoms with Crippen LogP contribution in [0.3, 0.4) is 0 Å². The second kappa shape index (κ2) is 10.6. The first-order valence-corrected chi connectivity index (χ1v) is 13.6. The van der Waals surface area contributed by atoms with Crippen LogP contribution >= 0.6 is 0 Å². The Hall–Kier alpha value is -2.59. The second-order valence-electron chi connectivity index (χ2n) is 10.8. The summed E-state index contributed by atoms with van der Waals surface area (Å²) in [6.07, 6.45) is 13.0. The summed E-state index contributed by atoms with van der Waals surface area (Å²) in [5.74, 6) is 0.0807. The molecule has 4 heteroatoms. The highest BCUT2D eigenvalue weighted by molar-refractivity contribution is 5.79. The Morgan fingerprint density at radius 3 is 2.14 bits per heavy atom. The Bertz CT molecular complexity index is 988. The van der Waals surface area contributed by atoms with Crippen LogP contribution < -0.4 is 0 Å². The number of amides is 1. The highest BCUT2D eigenvalue weighted by atomic mass is 16.6. The highest BCUT2D eigenvalue weighted by Gasteiger charge is 2.49. The average Bonchev–Trinajstić information content (AvgIpc) is 3.34. The lowest BCUT2D eigenvalue weighted by Crippen LogP contribution is -2.53. The Morgan fingerprint density at radius 2 is 1.51 bits per heavy atom. The van der Waals surface area contributed by atoms with Gasteiger partial charge in [-0.15, -0.1) is 6.58 Å². The molecule has 2 aliphatic heterocycles. The summed E-state index contributed by atoms with van der Waals surface area (Å²) in [7, 11) is 0. The van der Waals surface area contributed by atoms with Crippen LogP contribution in [0.5, 0.6) is 0 Å². The molecule has 2 saturated heterocycles. The predicted octanol–water partition coefficient (Wildman–Crippen LogP) is 7.21. The molecule has 1 N–H and O–H groups in total. The maximum atomic E-state index is 13.3. The fraction of sp³-hybridized carbons (Fsp3) is 0.516. The van der Waals surface area contributed by atoms with Crippen LogP contribution in [0.25, 0.3) is 11.1 Å². The maximum absolute atomic E-state index is 13.3. The molecule has 2 unspecified atom stereocenters.